The third kappa shape index (κ3) is 5.07. The Morgan fingerprint density at radius 1 is 1.22 bits per heavy atom. The van der Waals surface area contributed by atoms with Crippen LogP contribution in [0.15, 0.2) is 24.3 Å². The molecule has 18 heavy (non-hydrogen) atoms. The number of anilines is 1. The van der Waals surface area contributed by atoms with E-state index in [1.807, 2.05) is 0 Å². The summed E-state index contributed by atoms with van der Waals surface area (Å²) < 4.78 is 0. The van der Waals surface area contributed by atoms with Crippen LogP contribution in [0.2, 0.25) is 0 Å². The maximum atomic E-state index is 9.99. The lowest BCUT2D eigenvalue weighted by molar-refractivity contribution is 0.177. The van der Waals surface area contributed by atoms with Crippen molar-refractivity contribution >= 4 is 5.69 Å². The zero-order valence-corrected chi connectivity index (χ0v) is 11.8. The maximum Gasteiger partial charge on any atom is 0.0839 e. The molecule has 0 fully saturated rings. The molecule has 102 valence electrons. The van der Waals surface area contributed by atoms with Crippen molar-refractivity contribution < 1.29 is 5.11 Å². The van der Waals surface area contributed by atoms with Gasteiger partial charge in [0, 0.05) is 25.3 Å². The zero-order chi connectivity index (χ0) is 13.4. The summed E-state index contributed by atoms with van der Waals surface area (Å²) in [5, 5.41) is 13.2. The van der Waals surface area contributed by atoms with Gasteiger partial charge >= 0.3 is 0 Å². The fourth-order valence-corrected chi connectivity index (χ4v) is 1.94. The molecule has 1 aromatic carbocycles. The summed E-state index contributed by atoms with van der Waals surface area (Å²) in [6.07, 6.45) is 0.778. The first-order valence-corrected chi connectivity index (χ1v) is 6.87. The highest BCUT2D eigenvalue weighted by atomic mass is 16.3. The van der Waals surface area contributed by atoms with Crippen LogP contribution in [-0.2, 0) is 0 Å². The fraction of sp³-hybridized carbons (Fsp3) is 0.600. The van der Waals surface area contributed by atoms with Gasteiger partial charge in [0.2, 0.25) is 0 Å². The van der Waals surface area contributed by atoms with Crippen LogP contribution in [0.3, 0.4) is 0 Å². The standard InChI is InChI=1S/C15H26N2O/c1-4-10-16-11-15(18)12-17(5-2)14-8-6-13(3)7-9-14/h6-9,15-16,18H,4-5,10-12H2,1-3H3. The molecular formula is C15H26N2O. The average Bonchev–Trinajstić information content (AvgIpc) is 2.37. The number of aliphatic hydroxyl groups is 1. The van der Waals surface area contributed by atoms with Crippen LogP contribution < -0.4 is 10.2 Å². The molecule has 3 heteroatoms. The van der Waals surface area contributed by atoms with Crippen molar-refractivity contribution in [3.05, 3.63) is 29.8 Å². The molecule has 1 rings (SSSR count). The molecule has 0 saturated carbocycles. The number of rotatable bonds is 8. The SMILES string of the molecule is CCCNCC(O)CN(CC)c1ccc(C)cc1. The summed E-state index contributed by atoms with van der Waals surface area (Å²) in [6, 6.07) is 8.45. The van der Waals surface area contributed by atoms with Gasteiger partial charge in [-0.25, -0.2) is 0 Å². The molecular weight excluding hydrogens is 224 g/mol. The lowest BCUT2D eigenvalue weighted by atomic mass is 10.2. The number of nitrogens with zero attached hydrogens (tertiary/aromatic N) is 1. The van der Waals surface area contributed by atoms with E-state index in [9.17, 15) is 5.11 Å². The second-order valence-corrected chi connectivity index (χ2v) is 4.73. The Labute approximate surface area is 111 Å². The van der Waals surface area contributed by atoms with Gasteiger partial charge in [-0.1, -0.05) is 24.6 Å². The Morgan fingerprint density at radius 3 is 2.44 bits per heavy atom. The molecule has 1 unspecified atom stereocenters. The highest BCUT2D eigenvalue weighted by Gasteiger charge is 2.10. The number of benzene rings is 1. The van der Waals surface area contributed by atoms with E-state index >= 15 is 0 Å². The Hall–Kier alpha value is -1.06. The second-order valence-electron chi connectivity index (χ2n) is 4.73. The Kier molecular flexibility index (Phi) is 6.76. The molecule has 0 heterocycles. The number of nitrogens with one attached hydrogen (secondary N) is 1. The van der Waals surface area contributed by atoms with Gasteiger partial charge in [0.1, 0.15) is 0 Å². The number of aryl methyl sites for hydroxylation is 1. The van der Waals surface area contributed by atoms with Crippen LogP contribution in [-0.4, -0.2) is 37.4 Å². The van der Waals surface area contributed by atoms with Crippen LogP contribution in [0.1, 0.15) is 25.8 Å². The molecule has 0 aliphatic heterocycles. The first-order valence-electron chi connectivity index (χ1n) is 6.87. The minimum Gasteiger partial charge on any atom is -0.390 e. The van der Waals surface area contributed by atoms with Gasteiger partial charge in [-0.2, -0.15) is 0 Å². The molecule has 0 saturated heterocycles. The summed E-state index contributed by atoms with van der Waals surface area (Å²) in [5.41, 5.74) is 2.44. The molecule has 0 aromatic heterocycles. The van der Waals surface area contributed by atoms with E-state index in [0.29, 0.717) is 13.1 Å². The molecule has 1 atom stereocenters. The monoisotopic (exact) mass is 250 g/mol. The number of likely N-dealkylation sites (N-methyl/N-ethyl adjacent to an activating group) is 1. The van der Waals surface area contributed by atoms with Gasteiger partial charge < -0.3 is 15.3 Å². The minimum atomic E-state index is -0.321. The molecule has 0 aliphatic carbocycles. The van der Waals surface area contributed by atoms with E-state index in [1.165, 1.54) is 11.3 Å². The Balaban J connectivity index is 2.48. The first-order chi connectivity index (χ1) is 8.67. The summed E-state index contributed by atoms with van der Waals surface area (Å²) in [6.45, 7) is 9.55. The number of hydrogen-bond donors (Lipinski definition) is 2. The van der Waals surface area contributed by atoms with E-state index in [0.717, 1.165) is 19.5 Å². The summed E-state index contributed by atoms with van der Waals surface area (Å²) >= 11 is 0. The summed E-state index contributed by atoms with van der Waals surface area (Å²) in [4.78, 5) is 2.21. The fourth-order valence-electron chi connectivity index (χ4n) is 1.94. The molecule has 0 bridgehead atoms. The average molecular weight is 250 g/mol. The normalized spacial score (nSPS) is 12.4. The van der Waals surface area contributed by atoms with E-state index < -0.39 is 0 Å². The zero-order valence-electron chi connectivity index (χ0n) is 11.8. The first kappa shape index (κ1) is 15.0. The van der Waals surface area contributed by atoms with Crippen LogP contribution >= 0.6 is 0 Å². The molecule has 0 amide bonds. The van der Waals surface area contributed by atoms with Gasteiger partial charge in [-0.05, 0) is 38.9 Å². The van der Waals surface area contributed by atoms with Crippen molar-refractivity contribution in [3.63, 3.8) is 0 Å². The smallest absolute Gasteiger partial charge is 0.0839 e. The van der Waals surface area contributed by atoms with Gasteiger partial charge in [0.25, 0.3) is 0 Å². The van der Waals surface area contributed by atoms with E-state index in [-0.39, 0.29) is 6.10 Å². The van der Waals surface area contributed by atoms with Crippen molar-refractivity contribution in [2.24, 2.45) is 0 Å². The largest absolute Gasteiger partial charge is 0.390 e. The third-order valence-corrected chi connectivity index (χ3v) is 3.02. The highest BCUT2D eigenvalue weighted by molar-refractivity contribution is 5.47. The minimum absolute atomic E-state index is 0.321. The van der Waals surface area contributed by atoms with Crippen molar-refractivity contribution in [1.82, 2.24) is 5.32 Å². The maximum absolute atomic E-state index is 9.99. The van der Waals surface area contributed by atoms with Crippen LogP contribution in [0, 0.1) is 6.92 Å². The van der Waals surface area contributed by atoms with E-state index in [1.54, 1.807) is 0 Å². The summed E-state index contributed by atoms with van der Waals surface area (Å²) in [7, 11) is 0. The molecule has 0 radical (unpaired) electrons. The van der Waals surface area contributed by atoms with Gasteiger partial charge in [0.05, 0.1) is 6.10 Å². The predicted molar refractivity (Wildman–Crippen MR) is 78.2 cm³/mol. The molecule has 1 aromatic rings. The van der Waals surface area contributed by atoms with Crippen molar-refractivity contribution in [3.8, 4) is 0 Å². The second kappa shape index (κ2) is 8.11. The lowest BCUT2D eigenvalue weighted by Crippen LogP contribution is -2.38. The van der Waals surface area contributed by atoms with Crippen LogP contribution in [0.4, 0.5) is 5.69 Å². The van der Waals surface area contributed by atoms with Gasteiger partial charge in [0.15, 0.2) is 0 Å². The molecule has 2 N–H and O–H groups in total. The van der Waals surface area contributed by atoms with Crippen molar-refractivity contribution in [2.45, 2.75) is 33.3 Å². The topological polar surface area (TPSA) is 35.5 Å². The van der Waals surface area contributed by atoms with Crippen LogP contribution in [0.25, 0.3) is 0 Å². The van der Waals surface area contributed by atoms with E-state index in [2.05, 4.69) is 55.3 Å². The predicted octanol–water partition coefficient (Wildman–Crippen LogP) is 2.18. The van der Waals surface area contributed by atoms with Crippen molar-refractivity contribution in [1.29, 1.82) is 0 Å². The number of hydrogen-bond acceptors (Lipinski definition) is 3. The van der Waals surface area contributed by atoms with Crippen molar-refractivity contribution in [2.75, 3.05) is 31.1 Å². The number of aliphatic hydroxyl groups excluding tert-OH is 1. The summed E-state index contributed by atoms with van der Waals surface area (Å²) in [5.74, 6) is 0. The Bertz CT molecular complexity index is 324. The van der Waals surface area contributed by atoms with Gasteiger partial charge in [-0.15, -0.1) is 0 Å². The molecule has 3 nitrogen and oxygen atoms in total. The molecule has 0 spiro atoms. The lowest BCUT2D eigenvalue weighted by Gasteiger charge is -2.26. The molecule has 0 aliphatic rings. The van der Waals surface area contributed by atoms with Crippen LogP contribution in [0.5, 0.6) is 0 Å². The third-order valence-electron chi connectivity index (χ3n) is 3.02. The quantitative estimate of drug-likeness (QED) is 0.694. The van der Waals surface area contributed by atoms with E-state index in [4.69, 9.17) is 0 Å². The van der Waals surface area contributed by atoms with Gasteiger partial charge in [-0.3, -0.25) is 0 Å². The Morgan fingerprint density at radius 2 is 1.89 bits per heavy atom. The highest BCUT2D eigenvalue weighted by Crippen LogP contribution is 2.15.